The van der Waals surface area contributed by atoms with E-state index in [0.717, 1.165) is 10.4 Å². The molecule has 0 unspecified atom stereocenters. The van der Waals surface area contributed by atoms with E-state index in [2.05, 4.69) is 17.2 Å². The van der Waals surface area contributed by atoms with Gasteiger partial charge in [0.25, 0.3) is 0 Å². The van der Waals surface area contributed by atoms with Crippen LogP contribution in [0.2, 0.25) is 0 Å². The molecule has 0 radical (unpaired) electrons. The van der Waals surface area contributed by atoms with Crippen molar-refractivity contribution in [1.82, 2.24) is 5.32 Å². The van der Waals surface area contributed by atoms with E-state index in [9.17, 15) is 4.79 Å². The molecule has 1 aliphatic carbocycles. The van der Waals surface area contributed by atoms with Crippen molar-refractivity contribution in [2.45, 2.75) is 51.5 Å². The minimum absolute atomic E-state index is 0.122. The Morgan fingerprint density at radius 2 is 2.10 bits per heavy atom. The number of thiophene rings is 1. The van der Waals surface area contributed by atoms with Gasteiger partial charge in [0.1, 0.15) is 6.61 Å². The lowest BCUT2D eigenvalue weighted by atomic mass is 9.96. The molecule has 1 heterocycles. The first-order valence-corrected chi connectivity index (χ1v) is 8.59. The Balaban J connectivity index is 1.74. The van der Waals surface area contributed by atoms with Gasteiger partial charge in [-0.2, -0.15) is 0 Å². The topological polar surface area (TPSA) is 49.3 Å². The molecule has 1 aromatic heterocycles. The second-order valence-electron chi connectivity index (χ2n) is 5.60. The average Bonchev–Trinajstić information content (AvgIpc) is 2.79. The summed E-state index contributed by atoms with van der Waals surface area (Å²) in [4.78, 5) is 13.1. The van der Waals surface area contributed by atoms with Crippen LogP contribution in [0.25, 0.3) is 0 Å². The fourth-order valence-corrected chi connectivity index (χ4v) is 3.52. The molecular formula is C17H23NO2S. The molecule has 0 aliphatic heterocycles. The van der Waals surface area contributed by atoms with Crippen molar-refractivity contribution < 1.29 is 9.90 Å². The van der Waals surface area contributed by atoms with Crippen molar-refractivity contribution in [2.75, 3.05) is 6.61 Å². The van der Waals surface area contributed by atoms with Crippen molar-refractivity contribution in [3.63, 3.8) is 0 Å². The van der Waals surface area contributed by atoms with Crippen LogP contribution < -0.4 is 5.32 Å². The summed E-state index contributed by atoms with van der Waals surface area (Å²) in [6, 6.07) is 1.97. The normalized spacial score (nSPS) is 15.9. The quantitative estimate of drug-likeness (QED) is 0.663. The molecule has 2 N–H and O–H groups in total. The molecule has 1 saturated carbocycles. The summed E-state index contributed by atoms with van der Waals surface area (Å²) in [5.41, 5.74) is 0.905. The molecule has 3 nitrogen and oxygen atoms in total. The number of carbonyl (C=O) groups excluding carboxylic acids is 1. The maximum atomic E-state index is 12.0. The van der Waals surface area contributed by atoms with Gasteiger partial charge in [0, 0.05) is 22.2 Å². The largest absolute Gasteiger partial charge is 0.384 e. The van der Waals surface area contributed by atoms with E-state index < -0.39 is 0 Å². The van der Waals surface area contributed by atoms with E-state index in [0.29, 0.717) is 18.9 Å². The SMILES string of the molecule is O=C(CC1CCCCCC1)NCc1cc(C#CCO)cs1. The van der Waals surface area contributed by atoms with Crippen LogP contribution in [0.3, 0.4) is 0 Å². The molecule has 1 aliphatic rings. The Hall–Kier alpha value is -1.31. The molecule has 0 aromatic carbocycles. The van der Waals surface area contributed by atoms with Crippen LogP contribution >= 0.6 is 11.3 Å². The molecule has 0 bridgehead atoms. The number of nitrogens with one attached hydrogen (secondary N) is 1. The van der Waals surface area contributed by atoms with Gasteiger partial charge in [0.15, 0.2) is 0 Å². The summed E-state index contributed by atoms with van der Waals surface area (Å²) in [6.45, 7) is 0.459. The average molecular weight is 305 g/mol. The zero-order valence-electron chi connectivity index (χ0n) is 12.4. The summed E-state index contributed by atoms with van der Waals surface area (Å²) in [5, 5.41) is 13.6. The van der Waals surface area contributed by atoms with Gasteiger partial charge in [-0.25, -0.2) is 0 Å². The summed E-state index contributed by atoms with van der Waals surface area (Å²) in [7, 11) is 0. The standard InChI is InChI=1S/C17H23NO2S/c19-9-5-8-15-10-16(21-13-15)12-18-17(20)11-14-6-3-1-2-4-7-14/h10,13-14,19H,1-4,6-7,9,11-12H2,(H,18,20). The van der Waals surface area contributed by atoms with Crippen LogP contribution in [0.1, 0.15) is 55.4 Å². The van der Waals surface area contributed by atoms with Crippen molar-refractivity contribution in [3.05, 3.63) is 21.9 Å². The smallest absolute Gasteiger partial charge is 0.220 e. The Morgan fingerprint density at radius 3 is 2.81 bits per heavy atom. The number of aliphatic hydroxyl groups excluding tert-OH is 1. The van der Waals surface area contributed by atoms with Crippen molar-refractivity contribution >= 4 is 17.2 Å². The van der Waals surface area contributed by atoms with E-state index in [1.54, 1.807) is 11.3 Å². The highest BCUT2D eigenvalue weighted by molar-refractivity contribution is 7.10. The molecule has 1 amide bonds. The third-order valence-electron chi connectivity index (χ3n) is 3.87. The lowest BCUT2D eigenvalue weighted by molar-refractivity contribution is -0.122. The van der Waals surface area contributed by atoms with E-state index in [1.165, 1.54) is 38.5 Å². The molecule has 114 valence electrons. The summed E-state index contributed by atoms with van der Waals surface area (Å²) < 4.78 is 0. The highest BCUT2D eigenvalue weighted by Crippen LogP contribution is 2.25. The molecule has 0 atom stereocenters. The highest BCUT2D eigenvalue weighted by Gasteiger charge is 2.15. The van der Waals surface area contributed by atoms with Gasteiger partial charge < -0.3 is 10.4 Å². The first-order valence-electron chi connectivity index (χ1n) is 7.72. The lowest BCUT2D eigenvalue weighted by Crippen LogP contribution is -2.24. The Bertz CT molecular complexity index is 504. The van der Waals surface area contributed by atoms with Crippen LogP contribution in [0.4, 0.5) is 0 Å². The molecule has 1 aromatic rings. The van der Waals surface area contributed by atoms with Crippen LogP contribution in [0.5, 0.6) is 0 Å². The molecular weight excluding hydrogens is 282 g/mol. The lowest BCUT2D eigenvalue weighted by Gasteiger charge is -2.13. The van der Waals surface area contributed by atoms with Crippen molar-refractivity contribution in [2.24, 2.45) is 5.92 Å². The minimum atomic E-state index is -0.122. The first-order chi connectivity index (χ1) is 10.3. The summed E-state index contributed by atoms with van der Waals surface area (Å²) >= 11 is 1.59. The summed E-state index contributed by atoms with van der Waals surface area (Å²) in [5.74, 6) is 6.24. The van der Waals surface area contributed by atoms with Crippen LogP contribution in [0.15, 0.2) is 11.4 Å². The second-order valence-corrected chi connectivity index (χ2v) is 6.60. The molecule has 0 saturated heterocycles. The van der Waals surface area contributed by atoms with E-state index in [4.69, 9.17) is 5.11 Å². The van der Waals surface area contributed by atoms with Crippen LogP contribution in [-0.4, -0.2) is 17.6 Å². The molecule has 2 rings (SSSR count). The van der Waals surface area contributed by atoms with Gasteiger partial charge >= 0.3 is 0 Å². The number of aliphatic hydroxyl groups is 1. The Morgan fingerprint density at radius 1 is 1.33 bits per heavy atom. The van der Waals surface area contributed by atoms with E-state index >= 15 is 0 Å². The fourth-order valence-electron chi connectivity index (χ4n) is 2.77. The molecule has 21 heavy (non-hydrogen) atoms. The fraction of sp³-hybridized carbons (Fsp3) is 0.588. The Labute approximate surface area is 130 Å². The highest BCUT2D eigenvalue weighted by atomic mass is 32.1. The van der Waals surface area contributed by atoms with Crippen LogP contribution in [-0.2, 0) is 11.3 Å². The van der Waals surface area contributed by atoms with Gasteiger partial charge in [-0.05, 0) is 24.8 Å². The van der Waals surface area contributed by atoms with Gasteiger partial charge in [0.2, 0.25) is 5.91 Å². The van der Waals surface area contributed by atoms with E-state index in [-0.39, 0.29) is 12.5 Å². The second kappa shape index (κ2) is 8.86. The number of hydrogen-bond donors (Lipinski definition) is 2. The number of hydrogen-bond acceptors (Lipinski definition) is 3. The maximum Gasteiger partial charge on any atom is 0.220 e. The van der Waals surface area contributed by atoms with Gasteiger partial charge in [-0.1, -0.05) is 37.5 Å². The first kappa shape index (κ1) is 16.1. The van der Waals surface area contributed by atoms with Crippen LogP contribution in [0, 0.1) is 17.8 Å². The predicted molar refractivity (Wildman–Crippen MR) is 85.9 cm³/mol. The van der Waals surface area contributed by atoms with Gasteiger partial charge in [-0.3, -0.25) is 4.79 Å². The van der Waals surface area contributed by atoms with Crippen molar-refractivity contribution in [3.8, 4) is 11.8 Å². The number of carbonyl (C=O) groups is 1. The van der Waals surface area contributed by atoms with Gasteiger partial charge in [-0.15, -0.1) is 11.3 Å². The molecule has 0 spiro atoms. The zero-order chi connectivity index (χ0) is 14.9. The minimum Gasteiger partial charge on any atom is -0.384 e. The maximum absolute atomic E-state index is 12.0. The summed E-state index contributed by atoms with van der Waals surface area (Å²) in [6.07, 6.45) is 8.27. The monoisotopic (exact) mass is 305 g/mol. The molecule has 1 fully saturated rings. The Kier molecular flexibility index (Phi) is 6.78. The zero-order valence-corrected chi connectivity index (χ0v) is 13.2. The number of rotatable bonds is 4. The van der Waals surface area contributed by atoms with Crippen molar-refractivity contribution in [1.29, 1.82) is 0 Å². The van der Waals surface area contributed by atoms with Gasteiger partial charge in [0.05, 0.1) is 6.54 Å². The molecule has 4 heteroatoms. The predicted octanol–water partition coefficient (Wildman–Crippen LogP) is 3.07. The third kappa shape index (κ3) is 5.91. The third-order valence-corrected chi connectivity index (χ3v) is 4.81. The number of amides is 1. The van der Waals surface area contributed by atoms with E-state index in [1.807, 2.05) is 11.4 Å².